The summed E-state index contributed by atoms with van der Waals surface area (Å²) in [5.74, 6) is 0.752. The van der Waals surface area contributed by atoms with E-state index >= 15 is 0 Å². The monoisotopic (exact) mass is 435 g/mol. The predicted octanol–water partition coefficient (Wildman–Crippen LogP) is 4.94. The Labute approximate surface area is 190 Å². The summed E-state index contributed by atoms with van der Waals surface area (Å²) in [4.78, 5) is 14.6. The number of nitrogens with zero attached hydrogens (tertiary/aromatic N) is 2. The molecule has 2 aromatic carbocycles. The van der Waals surface area contributed by atoms with Crippen LogP contribution in [0.5, 0.6) is 11.5 Å². The highest BCUT2D eigenvalue weighted by Gasteiger charge is 2.33. The Kier molecular flexibility index (Phi) is 6.92. The van der Waals surface area contributed by atoms with E-state index in [2.05, 4.69) is 75.2 Å². The van der Waals surface area contributed by atoms with Gasteiger partial charge in [-0.15, -0.1) is 0 Å². The number of allylic oxidation sites excluding steroid dienone is 1. The molecule has 1 aliphatic rings. The highest BCUT2D eigenvalue weighted by Crippen LogP contribution is 2.41. The Bertz CT molecular complexity index is 1050. The number of ether oxygens (including phenoxy) is 2. The number of carbonyl (C=O) groups is 1. The van der Waals surface area contributed by atoms with Gasteiger partial charge in [-0.25, -0.2) is 5.43 Å². The van der Waals surface area contributed by atoms with Crippen LogP contribution in [0.3, 0.4) is 0 Å². The van der Waals surface area contributed by atoms with E-state index in [9.17, 15) is 4.79 Å². The minimum atomic E-state index is -0.341. The second kappa shape index (κ2) is 9.47. The van der Waals surface area contributed by atoms with Crippen molar-refractivity contribution >= 4 is 23.4 Å². The topological polar surface area (TPSA) is 63.2 Å². The quantitative estimate of drug-likeness (QED) is 0.494. The van der Waals surface area contributed by atoms with Gasteiger partial charge in [0.05, 0.1) is 18.9 Å². The van der Waals surface area contributed by atoms with Crippen molar-refractivity contribution in [2.75, 3.05) is 18.6 Å². The average molecular weight is 436 g/mol. The van der Waals surface area contributed by atoms with Crippen LogP contribution < -0.4 is 19.8 Å². The molecule has 0 spiro atoms. The molecule has 0 fully saturated rings. The average Bonchev–Trinajstić information content (AvgIpc) is 2.72. The largest absolute Gasteiger partial charge is 0.493 e. The Morgan fingerprint density at radius 1 is 1.19 bits per heavy atom. The molecule has 0 radical (unpaired) electrons. The number of hydrogen-bond donors (Lipinski definition) is 1. The lowest BCUT2D eigenvalue weighted by Crippen LogP contribution is -2.49. The number of para-hydroxylation sites is 2. The van der Waals surface area contributed by atoms with Gasteiger partial charge in [0.25, 0.3) is 5.91 Å². The van der Waals surface area contributed by atoms with Gasteiger partial charge in [-0.2, -0.15) is 5.10 Å². The molecule has 0 aliphatic carbocycles. The smallest absolute Gasteiger partial charge is 0.277 e. The molecule has 1 aliphatic heterocycles. The molecule has 3 rings (SSSR count). The molecular weight excluding hydrogens is 402 g/mol. The second-order valence-corrected chi connectivity index (χ2v) is 8.90. The standard InChI is InChI=1S/C26H33N3O3/c1-17(2)29-22-12-18(3)20(13-21(22)19(4)14-26(29,5)6)15-27-28-25(30)16-32-24-11-9-8-10-23(24)31-7/h8-15,17H,16H2,1-7H3,(H,28,30)/b27-15-. The molecule has 0 unspecified atom stereocenters. The highest BCUT2D eigenvalue weighted by atomic mass is 16.5. The molecule has 6 heteroatoms. The molecule has 2 aromatic rings. The molecule has 1 heterocycles. The van der Waals surface area contributed by atoms with Crippen LogP contribution in [-0.2, 0) is 4.79 Å². The van der Waals surface area contributed by atoms with Gasteiger partial charge in [-0.05, 0) is 82.5 Å². The normalized spacial score (nSPS) is 14.9. The van der Waals surface area contributed by atoms with Crippen LogP contribution >= 0.6 is 0 Å². The van der Waals surface area contributed by atoms with E-state index in [1.807, 2.05) is 12.1 Å². The highest BCUT2D eigenvalue weighted by molar-refractivity contribution is 5.90. The number of nitrogens with one attached hydrogen (secondary N) is 1. The van der Waals surface area contributed by atoms with Crippen LogP contribution in [0.4, 0.5) is 5.69 Å². The summed E-state index contributed by atoms with van der Waals surface area (Å²) in [5.41, 5.74) is 8.21. The van der Waals surface area contributed by atoms with Gasteiger partial charge in [0.2, 0.25) is 0 Å². The fourth-order valence-electron chi connectivity index (χ4n) is 4.38. The van der Waals surface area contributed by atoms with Crippen molar-refractivity contribution in [1.29, 1.82) is 0 Å². The summed E-state index contributed by atoms with van der Waals surface area (Å²) in [6, 6.07) is 11.9. The van der Waals surface area contributed by atoms with Crippen molar-refractivity contribution in [2.45, 2.75) is 53.1 Å². The number of anilines is 1. The third kappa shape index (κ3) is 4.96. The number of fused-ring (bicyclic) bond motifs is 1. The number of rotatable bonds is 7. The number of methoxy groups -OCH3 is 1. The third-order valence-corrected chi connectivity index (χ3v) is 5.60. The van der Waals surface area contributed by atoms with Crippen molar-refractivity contribution in [3.63, 3.8) is 0 Å². The number of amides is 1. The van der Waals surface area contributed by atoms with Crippen molar-refractivity contribution < 1.29 is 14.3 Å². The molecule has 0 atom stereocenters. The summed E-state index contributed by atoms with van der Waals surface area (Å²) in [7, 11) is 1.56. The number of hydrazone groups is 1. The maximum Gasteiger partial charge on any atom is 0.277 e. The number of benzene rings is 2. The fourth-order valence-corrected chi connectivity index (χ4v) is 4.38. The molecule has 0 saturated heterocycles. The molecule has 1 N–H and O–H groups in total. The van der Waals surface area contributed by atoms with Crippen molar-refractivity contribution in [3.8, 4) is 11.5 Å². The van der Waals surface area contributed by atoms with Crippen LogP contribution in [0.1, 0.15) is 51.3 Å². The lowest BCUT2D eigenvalue weighted by atomic mass is 9.86. The number of aryl methyl sites for hydroxylation is 1. The fraction of sp³-hybridized carbons (Fsp3) is 0.385. The summed E-state index contributed by atoms with van der Waals surface area (Å²) >= 11 is 0. The van der Waals surface area contributed by atoms with E-state index in [4.69, 9.17) is 9.47 Å². The predicted molar refractivity (Wildman–Crippen MR) is 131 cm³/mol. The van der Waals surface area contributed by atoms with Crippen molar-refractivity contribution in [2.24, 2.45) is 5.10 Å². The first-order chi connectivity index (χ1) is 15.1. The zero-order valence-electron chi connectivity index (χ0n) is 20.0. The zero-order chi connectivity index (χ0) is 23.5. The maximum atomic E-state index is 12.2. The molecule has 32 heavy (non-hydrogen) atoms. The Morgan fingerprint density at radius 3 is 2.53 bits per heavy atom. The summed E-state index contributed by atoms with van der Waals surface area (Å²) in [6.45, 7) is 13.0. The maximum absolute atomic E-state index is 12.2. The minimum Gasteiger partial charge on any atom is -0.493 e. The Morgan fingerprint density at radius 2 is 1.88 bits per heavy atom. The van der Waals surface area contributed by atoms with Crippen LogP contribution in [0, 0.1) is 6.92 Å². The molecule has 0 saturated carbocycles. The second-order valence-electron chi connectivity index (χ2n) is 8.90. The molecule has 0 bridgehead atoms. The van der Waals surface area contributed by atoms with E-state index in [1.165, 1.54) is 16.8 Å². The first-order valence-electron chi connectivity index (χ1n) is 10.9. The van der Waals surface area contributed by atoms with E-state index in [0.717, 1.165) is 11.1 Å². The van der Waals surface area contributed by atoms with Gasteiger partial charge < -0.3 is 14.4 Å². The minimum absolute atomic E-state index is 0.0529. The summed E-state index contributed by atoms with van der Waals surface area (Å²) in [5, 5.41) is 4.15. The molecular formula is C26H33N3O3. The van der Waals surface area contributed by atoms with Crippen LogP contribution in [0.2, 0.25) is 0 Å². The number of hydrogen-bond acceptors (Lipinski definition) is 5. The molecule has 0 aromatic heterocycles. The van der Waals surface area contributed by atoms with E-state index < -0.39 is 0 Å². The van der Waals surface area contributed by atoms with Crippen molar-refractivity contribution in [1.82, 2.24) is 5.43 Å². The lowest BCUT2D eigenvalue weighted by Gasteiger charge is -2.46. The van der Waals surface area contributed by atoms with Gasteiger partial charge in [-0.1, -0.05) is 18.2 Å². The molecule has 170 valence electrons. The number of carbonyl (C=O) groups excluding carboxylic acids is 1. The van der Waals surface area contributed by atoms with Gasteiger partial charge in [-0.3, -0.25) is 4.79 Å². The summed E-state index contributed by atoms with van der Waals surface area (Å²) in [6.07, 6.45) is 3.99. The van der Waals surface area contributed by atoms with Crippen LogP contribution in [-0.4, -0.2) is 37.4 Å². The van der Waals surface area contributed by atoms with Gasteiger partial charge in [0, 0.05) is 17.3 Å². The SMILES string of the molecule is COc1ccccc1OCC(=O)N/N=C\c1cc2c(cc1C)N(C(C)C)C(C)(C)C=C2C. The van der Waals surface area contributed by atoms with Gasteiger partial charge in [0.15, 0.2) is 18.1 Å². The Balaban J connectivity index is 1.72. The van der Waals surface area contributed by atoms with Crippen molar-refractivity contribution in [3.05, 3.63) is 59.2 Å². The van der Waals surface area contributed by atoms with Crippen LogP contribution in [0.25, 0.3) is 5.57 Å². The lowest BCUT2D eigenvalue weighted by molar-refractivity contribution is -0.123. The third-order valence-electron chi connectivity index (χ3n) is 5.60. The first kappa shape index (κ1) is 23.4. The van der Waals surface area contributed by atoms with E-state index in [-0.39, 0.29) is 18.1 Å². The van der Waals surface area contributed by atoms with Gasteiger partial charge >= 0.3 is 0 Å². The molecule has 6 nitrogen and oxygen atoms in total. The van der Waals surface area contributed by atoms with Gasteiger partial charge in [0.1, 0.15) is 0 Å². The van der Waals surface area contributed by atoms with E-state index in [1.54, 1.807) is 25.5 Å². The Hall–Kier alpha value is -3.28. The van der Waals surface area contributed by atoms with Crippen LogP contribution in [0.15, 0.2) is 47.6 Å². The zero-order valence-corrected chi connectivity index (χ0v) is 20.0. The van der Waals surface area contributed by atoms with E-state index in [0.29, 0.717) is 17.5 Å². The first-order valence-corrected chi connectivity index (χ1v) is 10.9. The molecule has 1 amide bonds. The summed E-state index contributed by atoms with van der Waals surface area (Å²) < 4.78 is 10.8.